The van der Waals surface area contributed by atoms with Gasteiger partial charge < -0.3 is 9.80 Å². The molecule has 0 radical (unpaired) electrons. The molecule has 10 aromatic carbocycles. The van der Waals surface area contributed by atoms with Crippen molar-refractivity contribution in [3.8, 4) is 33.4 Å². The van der Waals surface area contributed by atoms with Crippen molar-refractivity contribution in [2.45, 2.75) is 25.7 Å². The normalized spacial score (nSPS) is 13.9. The van der Waals surface area contributed by atoms with Crippen molar-refractivity contribution in [3.63, 3.8) is 0 Å². The molecule has 2 heteroatoms. The van der Waals surface area contributed by atoms with Gasteiger partial charge in [-0.05, 0) is 162 Å². The van der Waals surface area contributed by atoms with E-state index in [1.165, 1.54) is 110 Å². The highest BCUT2D eigenvalue weighted by Gasteiger charge is 2.24. The van der Waals surface area contributed by atoms with Gasteiger partial charge in [0.05, 0.1) is 0 Å². The lowest BCUT2D eigenvalue weighted by atomic mass is 9.84. The van der Waals surface area contributed by atoms with Crippen LogP contribution in [0.2, 0.25) is 0 Å². The van der Waals surface area contributed by atoms with Crippen molar-refractivity contribution < 1.29 is 0 Å². The van der Waals surface area contributed by atoms with Crippen LogP contribution in [-0.2, 0) is 12.8 Å². The third-order valence-corrected chi connectivity index (χ3v) is 13.2. The molecule has 12 rings (SSSR count). The average Bonchev–Trinajstić information content (AvgIpc) is 3.32. The summed E-state index contributed by atoms with van der Waals surface area (Å²) in [5.41, 5.74) is 15.5. The lowest BCUT2D eigenvalue weighted by Crippen LogP contribution is -2.24. The Kier molecular flexibility index (Phi) is 8.30. The molecule has 0 bridgehead atoms. The van der Waals surface area contributed by atoms with Crippen molar-refractivity contribution in [1.82, 2.24) is 0 Å². The van der Waals surface area contributed by atoms with Gasteiger partial charge in [0.1, 0.15) is 0 Å². The molecular formula is C58H44N2. The number of nitrogens with zero attached hydrogens (tertiary/aromatic N) is 2. The highest BCUT2D eigenvalue weighted by atomic mass is 15.1. The number of anilines is 4. The van der Waals surface area contributed by atoms with E-state index in [0.717, 1.165) is 38.8 Å². The summed E-state index contributed by atoms with van der Waals surface area (Å²) in [5, 5.41) is 10.1. The molecule has 0 saturated heterocycles. The van der Waals surface area contributed by atoms with Gasteiger partial charge in [-0.2, -0.15) is 0 Å². The number of benzene rings is 10. The smallest absolute Gasteiger partial charge is 0.0443 e. The summed E-state index contributed by atoms with van der Waals surface area (Å²) in [6.07, 6.45) is 4.51. The lowest BCUT2D eigenvalue weighted by molar-refractivity contribution is 0.767. The van der Waals surface area contributed by atoms with E-state index in [9.17, 15) is 0 Å². The summed E-state index contributed by atoms with van der Waals surface area (Å²) in [6, 6.07) is 73.1. The molecule has 0 aliphatic carbocycles. The fraction of sp³-hybridized carbons (Fsp3) is 0.103. The van der Waals surface area contributed by atoms with E-state index in [1.807, 2.05) is 0 Å². The predicted octanol–water partition coefficient (Wildman–Crippen LogP) is 15.5. The van der Waals surface area contributed by atoms with Gasteiger partial charge in [0.2, 0.25) is 0 Å². The Morgan fingerprint density at radius 1 is 0.317 bits per heavy atom. The number of hydrogen-bond donors (Lipinski definition) is 0. The molecule has 0 fully saturated rings. The first-order chi connectivity index (χ1) is 29.7. The lowest BCUT2D eigenvalue weighted by Gasteiger charge is -2.32. The highest BCUT2D eigenvalue weighted by Crippen LogP contribution is 2.48. The van der Waals surface area contributed by atoms with Crippen LogP contribution in [0.3, 0.4) is 0 Å². The zero-order valence-electron chi connectivity index (χ0n) is 33.6. The third kappa shape index (κ3) is 5.78. The molecule has 2 heterocycles. The minimum absolute atomic E-state index is 1.00. The van der Waals surface area contributed by atoms with E-state index in [-0.39, 0.29) is 0 Å². The van der Waals surface area contributed by atoms with Gasteiger partial charge in [-0.3, -0.25) is 0 Å². The largest absolute Gasteiger partial charge is 0.341 e. The molecule has 2 aliphatic rings. The van der Waals surface area contributed by atoms with Gasteiger partial charge in [0.25, 0.3) is 0 Å². The Labute approximate surface area is 351 Å². The van der Waals surface area contributed by atoms with Crippen LogP contribution in [0.4, 0.5) is 22.7 Å². The summed E-state index contributed by atoms with van der Waals surface area (Å²) in [7, 11) is 0. The van der Waals surface area contributed by atoms with Gasteiger partial charge in [0, 0.05) is 35.8 Å². The molecule has 0 amide bonds. The molecule has 0 N–H and O–H groups in total. The molecule has 286 valence electrons. The molecule has 2 nitrogen and oxygen atoms in total. The summed E-state index contributed by atoms with van der Waals surface area (Å²) < 4.78 is 0. The van der Waals surface area contributed by atoms with Crippen LogP contribution in [0, 0.1) is 0 Å². The van der Waals surface area contributed by atoms with Gasteiger partial charge in [-0.25, -0.2) is 0 Å². The zero-order chi connectivity index (χ0) is 39.6. The van der Waals surface area contributed by atoms with Crippen molar-refractivity contribution >= 4 is 65.8 Å². The van der Waals surface area contributed by atoms with Gasteiger partial charge in [-0.15, -0.1) is 0 Å². The number of rotatable bonds is 5. The summed E-state index contributed by atoms with van der Waals surface area (Å²) in [5.74, 6) is 0. The Balaban J connectivity index is 1.17. The van der Waals surface area contributed by atoms with Crippen LogP contribution in [-0.4, -0.2) is 13.1 Å². The first-order valence-electron chi connectivity index (χ1n) is 21.6. The molecule has 60 heavy (non-hydrogen) atoms. The minimum atomic E-state index is 1.00. The third-order valence-electron chi connectivity index (χ3n) is 13.2. The van der Waals surface area contributed by atoms with Gasteiger partial charge >= 0.3 is 0 Å². The summed E-state index contributed by atoms with van der Waals surface area (Å²) in [6.45, 7) is 2.00. The molecule has 0 unspecified atom stereocenters. The van der Waals surface area contributed by atoms with Crippen molar-refractivity contribution in [2.75, 3.05) is 22.9 Å². The molecule has 10 aromatic rings. The molecule has 0 atom stereocenters. The quantitative estimate of drug-likeness (QED) is 0.161. The maximum Gasteiger partial charge on any atom is 0.0443 e. The van der Waals surface area contributed by atoms with Crippen LogP contribution in [0.15, 0.2) is 194 Å². The van der Waals surface area contributed by atoms with Crippen molar-refractivity contribution in [3.05, 3.63) is 205 Å². The summed E-state index contributed by atoms with van der Waals surface area (Å²) >= 11 is 0. The zero-order valence-corrected chi connectivity index (χ0v) is 33.6. The van der Waals surface area contributed by atoms with Crippen LogP contribution in [0.25, 0.3) is 76.5 Å². The number of fused-ring (bicyclic) bond motifs is 6. The van der Waals surface area contributed by atoms with E-state index < -0.39 is 0 Å². The van der Waals surface area contributed by atoms with E-state index in [2.05, 4.69) is 204 Å². The predicted molar refractivity (Wildman–Crippen MR) is 256 cm³/mol. The monoisotopic (exact) mass is 768 g/mol. The number of para-hydroxylation sites is 2. The Bertz CT molecular complexity index is 3300. The number of aryl methyl sites for hydroxylation is 2. The Morgan fingerprint density at radius 3 is 1.53 bits per heavy atom. The van der Waals surface area contributed by atoms with E-state index >= 15 is 0 Å². The molecule has 2 aliphatic heterocycles. The van der Waals surface area contributed by atoms with E-state index in [0.29, 0.717) is 0 Å². The maximum absolute atomic E-state index is 2.55. The van der Waals surface area contributed by atoms with Crippen molar-refractivity contribution in [1.29, 1.82) is 0 Å². The second kappa shape index (κ2) is 14.3. The van der Waals surface area contributed by atoms with Crippen molar-refractivity contribution in [2.24, 2.45) is 0 Å². The van der Waals surface area contributed by atoms with Crippen LogP contribution in [0.5, 0.6) is 0 Å². The van der Waals surface area contributed by atoms with E-state index in [1.54, 1.807) is 0 Å². The maximum atomic E-state index is 2.55. The SMILES string of the molecule is c1cc(-c2cccc3ccccc23)cc(-c2c3ccc(N4CCCc5ccccc54)cc3c(-c3ccc4ccccc4c3)c3ccc(N4CCCc5ccccc54)cc23)c1. The fourth-order valence-corrected chi connectivity index (χ4v) is 10.4. The van der Waals surface area contributed by atoms with Gasteiger partial charge in [0.15, 0.2) is 0 Å². The van der Waals surface area contributed by atoms with E-state index in [4.69, 9.17) is 0 Å². The topological polar surface area (TPSA) is 6.48 Å². The fourth-order valence-electron chi connectivity index (χ4n) is 10.4. The highest BCUT2D eigenvalue weighted by molar-refractivity contribution is 6.23. The second-order valence-corrected chi connectivity index (χ2v) is 16.6. The van der Waals surface area contributed by atoms with Gasteiger partial charge in [-0.1, -0.05) is 146 Å². The Morgan fingerprint density at radius 2 is 0.850 bits per heavy atom. The standard InChI is InChI=1S/C58H44N2/c1-2-17-43-35-46(28-27-39(43)13-1)58-52-32-30-47(59-33-11-21-41-15-4-7-25-55(41)59)37-53(52)57(45-20-9-19-44(36-45)50-24-10-18-40-14-3-6-23-49(40)50)51-31-29-48(38-54(51)58)60-34-12-22-42-16-5-8-26-56(42)60/h1-10,13-20,23-32,35-38H,11-12,21-22,33-34H2. The van der Waals surface area contributed by atoms with Crippen LogP contribution in [0.1, 0.15) is 24.0 Å². The Hall–Kier alpha value is -7.16. The van der Waals surface area contributed by atoms with Crippen LogP contribution >= 0.6 is 0 Å². The second-order valence-electron chi connectivity index (χ2n) is 16.6. The molecular weight excluding hydrogens is 725 g/mol. The number of hydrogen-bond acceptors (Lipinski definition) is 2. The minimum Gasteiger partial charge on any atom is -0.341 e. The van der Waals surface area contributed by atoms with Crippen LogP contribution < -0.4 is 9.80 Å². The molecule has 0 spiro atoms. The first kappa shape index (κ1) is 34.8. The molecule has 0 aromatic heterocycles. The average molecular weight is 769 g/mol. The summed E-state index contributed by atoms with van der Waals surface area (Å²) in [4.78, 5) is 5.09. The molecule has 0 saturated carbocycles. The first-order valence-corrected chi connectivity index (χ1v) is 21.6.